The number of fused-ring (bicyclic) bond motifs is 1. The van der Waals surface area contributed by atoms with Crippen LogP contribution in [0.3, 0.4) is 0 Å². The molecule has 1 aliphatic rings. The second-order valence-electron chi connectivity index (χ2n) is 8.46. The van der Waals surface area contributed by atoms with E-state index in [1.807, 2.05) is 32.9 Å². The van der Waals surface area contributed by atoms with Gasteiger partial charge in [0.25, 0.3) is 5.89 Å². The monoisotopic (exact) mass is 431 g/mol. The van der Waals surface area contributed by atoms with Crippen LogP contribution in [0.4, 0.5) is 4.79 Å². The normalized spacial score (nSPS) is 16.8. The molecule has 2 aromatic heterocycles. The zero-order valence-electron chi connectivity index (χ0n) is 17.5. The molecule has 0 radical (unpaired) electrons. The number of furan rings is 1. The van der Waals surface area contributed by atoms with Crippen molar-refractivity contribution in [3.63, 3.8) is 0 Å². The molecule has 30 heavy (non-hydrogen) atoms. The highest BCUT2D eigenvalue weighted by Gasteiger charge is 2.30. The van der Waals surface area contributed by atoms with Gasteiger partial charge in [0.2, 0.25) is 0 Å². The molecule has 1 aromatic carbocycles. The van der Waals surface area contributed by atoms with Gasteiger partial charge in [0, 0.05) is 30.5 Å². The van der Waals surface area contributed by atoms with Gasteiger partial charge in [0.1, 0.15) is 17.4 Å². The lowest BCUT2D eigenvalue weighted by Gasteiger charge is -2.32. The zero-order valence-corrected chi connectivity index (χ0v) is 18.3. The minimum Gasteiger partial charge on any atom is -0.612 e. The maximum absolute atomic E-state index is 12.2. The Labute approximate surface area is 177 Å². The van der Waals surface area contributed by atoms with Crippen molar-refractivity contribution < 1.29 is 23.0 Å². The first-order valence-electron chi connectivity index (χ1n) is 9.88. The zero-order chi connectivity index (χ0) is 21.5. The summed E-state index contributed by atoms with van der Waals surface area (Å²) in [5.41, 5.74) is 0.167. The SMILES string of the molecule is C[S+]([O-])c1ccc2oc(-c3nc(C4CCN(C(=O)OC(C)(C)C)CC4)no3)cc2c1. The number of amides is 1. The number of piperidine rings is 1. The first-order chi connectivity index (χ1) is 14.2. The number of benzene rings is 1. The number of nitrogens with zero attached hydrogens (tertiary/aromatic N) is 3. The number of carbonyl (C=O) groups excluding carboxylic acids is 1. The van der Waals surface area contributed by atoms with Gasteiger partial charge >= 0.3 is 6.09 Å². The number of carbonyl (C=O) groups is 1. The van der Waals surface area contributed by atoms with Crippen molar-refractivity contribution in [3.8, 4) is 11.7 Å². The van der Waals surface area contributed by atoms with Crippen LogP contribution in [-0.2, 0) is 15.9 Å². The molecule has 0 bridgehead atoms. The highest BCUT2D eigenvalue weighted by molar-refractivity contribution is 7.90. The van der Waals surface area contributed by atoms with E-state index < -0.39 is 16.8 Å². The van der Waals surface area contributed by atoms with Gasteiger partial charge in [-0.3, -0.25) is 0 Å². The maximum atomic E-state index is 12.2. The van der Waals surface area contributed by atoms with Crippen molar-refractivity contribution in [1.82, 2.24) is 15.0 Å². The summed E-state index contributed by atoms with van der Waals surface area (Å²) in [4.78, 5) is 19.2. The van der Waals surface area contributed by atoms with E-state index in [9.17, 15) is 9.35 Å². The second kappa shape index (κ2) is 7.96. The van der Waals surface area contributed by atoms with Gasteiger partial charge in [-0.25, -0.2) is 4.79 Å². The lowest BCUT2D eigenvalue weighted by Crippen LogP contribution is -2.41. The molecule has 0 spiro atoms. The molecule has 0 saturated carbocycles. The second-order valence-corrected chi connectivity index (χ2v) is 9.84. The fourth-order valence-electron chi connectivity index (χ4n) is 3.45. The lowest BCUT2D eigenvalue weighted by molar-refractivity contribution is 0.0203. The summed E-state index contributed by atoms with van der Waals surface area (Å²) in [7, 11) is 0. The fraction of sp³-hybridized carbons (Fsp3) is 0.476. The van der Waals surface area contributed by atoms with Gasteiger partial charge in [-0.2, -0.15) is 4.98 Å². The summed E-state index contributed by atoms with van der Waals surface area (Å²) in [5, 5.41) is 4.97. The smallest absolute Gasteiger partial charge is 0.410 e. The molecule has 1 saturated heterocycles. The van der Waals surface area contributed by atoms with E-state index in [0.717, 1.165) is 23.1 Å². The molecule has 1 aliphatic heterocycles. The van der Waals surface area contributed by atoms with Crippen molar-refractivity contribution >= 4 is 28.2 Å². The summed E-state index contributed by atoms with van der Waals surface area (Å²) >= 11 is -1.06. The molecule has 8 nitrogen and oxygen atoms in total. The summed E-state index contributed by atoms with van der Waals surface area (Å²) in [6.45, 7) is 6.76. The third-order valence-corrected chi connectivity index (χ3v) is 5.90. The first kappa shape index (κ1) is 20.7. The third kappa shape index (κ3) is 4.46. The topological polar surface area (TPSA) is 105 Å². The molecule has 1 amide bonds. The molecule has 4 rings (SSSR count). The number of ether oxygens (including phenoxy) is 1. The van der Waals surface area contributed by atoms with Crippen molar-refractivity contribution in [2.75, 3.05) is 19.3 Å². The van der Waals surface area contributed by atoms with Gasteiger partial charge < -0.3 is 23.1 Å². The molecule has 160 valence electrons. The van der Waals surface area contributed by atoms with Crippen LogP contribution in [-0.4, -0.2) is 50.6 Å². The van der Waals surface area contributed by atoms with Crippen molar-refractivity contribution in [2.24, 2.45) is 0 Å². The Morgan fingerprint density at radius 2 is 2.00 bits per heavy atom. The average molecular weight is 432 g/mol. The van der Waals surface area contributed by atoms with E-state index in [1.54, 1.807) is 23.3 Å². The fourth-order valence-corrected chi connectivity index (χ4v) is 4.01. The van der Waals surface area contributed by atoms with Crippen molar-refractivity contribution in [3.05, 3.63) is 30.1 Å². The van der Waals surface area contributed by atoms with Crippen LogP contribution in [0.25, 0.3) is 22.6 Å². The van der Waals surface area contributed by atoms with Crippen LogP contribution in [0.15, 0.2) is 38.1 Å². The Hall–Kier alpha value is -2.52. The first-order valence-corrected chi connectivity index (χ1v) is 11.4. The molecule has 3 aromatic rings. The van der Waals surface area contributed by atoms with Crippen molar-refractivity contribution in [2.45, 2.75) is 50.0 Å². The molecule has 1 fully saturated rings. The summed E-state index contributed by atoms with van der Waals surface area (Å²) < 4.78 is 28.4. The van der Waals surface area contributed by atoms with E-state index >= 15 is 0 Å². The summed E-state index contributed by atoms with van der Waals surface area (Å²) in [6, 6.07) is 7.22. The van der Waals surface area contributed by atoms with Crippen LogP contribution in [0.2, 0.25) is 0 Å². The van der Waals surface area contributed by atoms with Gasteiger partial charge in [0.05, 0.1) is 0 Å². The number of likely N-dealkylation sites (tertiary alicyclic amines) is 1. The molecule has 3 heterocycles. The predicted molar refractivity (Wildman–Crippen MR) is 112 cm³/mol. The minimum absolute atomic E-state index is 0.111. The van der Waals surface area contributed by atoms with E-state index in [2.05, 4.69) is 10.1 Å². The molecular weight excluding hydrogens is 406 g/mol. The molecule has 0 N–H and O–H groups in total. The highest BCUT2D eigenvalue weighted by atomic mass is 32.2. The van der Waals surface area contributed by atoms with Crippen LogP contribution < -0.4 is 0 Å². The molecule has 1 atom stereocenters. The summed E-state index contributed by atoms with van der Waals surface area (Å²) in [5.74, 6) is 1.52. The summed E-state index contributed by atoms with van der Waals surface area (Å²) in [6.07, 6.45) is 2.83. The Morgan fingerprint density at radius 1 is 1.27 bits per heavy atom. The maximum Gasteiger partial charge on any atom is 0.410 e. The van der Waals surface area contributed by atoms with Crippen molar-refractivity contribution in [1.29, 1.82) is 0 Å². The van der Waals surface area contributed by atoms with Crippen LogP contribution in [0, 0.1) is 0 Å². The van der Waals surface area contributed by atoms with Crippen LogP contribution >= 0.6 is 0 Å². The largest absolute Gasteiger partial charge is 0.612 e. The van der Waals surface area contributed by atoms with Gasteiger partial charge in [-0.1, -0.05) is 5.16 Å². The Kier molecular flexibility index (Phi) is 5.50. The number of hydrogen-bond donors (Lipinski definition) is 0. The van der Waals surface area contributed by atoms with Gasteiger partial charge in [0.15, 0.2) is 16.5 Å². The van der Waals surface area contributed by atoms with Gasteiger partial charge in [-0.15, -0.1) is 0 Å². The van der Waals surface area contributed by atoms with Crippen LogP contribution in [0.5, 0.6) is 0 Å². The third-order valence-electron chi connectivity index (χ3n) is 4.98. The standard InChI is InChI=1S/C21H25N3O5S/c1-21(2,3)28-20(25)24-9-7-13(8-10-24)18-22-19(29-23-18)17-12-14-11-15(30(4)26)5-6-16(14)27-17/h5-6,11-13H,7-10H2,1-4H3. The van der Waals surface area contributed by atoms with E-state index in [1.165, 1.54) is 0 Å². The number of hydrogen-bond acceptors (Lipinski definition) is 7. The molecule has 0 aliphatic carbocycles. The van der Waals surface area contributed by atoms with E-state index in [0.29, 0.717) is 36.1 Å². The molecule has 9 heteroatoms. The quantitative estimate of drug-likeness (QED) is 0.568. The van der Waals surface area contributed by atoms with Crippen LogP contribution in [0.1, 0.15) is 45.4 Å². The number of rotatable bonds is 3. The van der Waals surface area contributed by atoms with E-state index in [4.69, 9.17) is 13.7 Å². The average Bonchev–Trinajstić information content (AvgIpc) is 3.33. The number of aromatic nitrogens is 2. The Morgan fingerprint density at radius 3 is 2.67 bits per heavy atom. The Balaban J connectivity index is 1.44. The van der Waals surface area contributed by atoms with E-state index in [-0.39, 0.29) is 12.0 Å². The Bertz CT molecular complexity index is 1040. The van der Waals surface area contributed by atoms with Gasteiger partial charge in [-0.05, 0) is 63.0 Å². The predicted octanol–water partition coefficient (Wildman–Crippen LogP) is 4.33. The molecule has 1 unspecified atom stereocenters. The molecular formula is C21H25N3O5S. The highest BCUT2D eigenvalue weighted by Crippen LogP contribution is 2.31. The minimum atomic E-state index is -1.06. The lowest BCUT2D eigenvalue weighted by atomic mass is 9.96.